The van der Waals surface area contributed by atoms with Crippen LogP contribution in [0.5, 0.6) is 0 Å². The van der Waals surface area contributed by atoms with Gasteiger partial charge in [0.1, 0.15) is 5.03 Å². The van der Waals surface area contributed by atoms with Gasteiger partial charge >= 0.3 is 0 Å². The van der Waals surface area contributed by atoms with Crippen LogP contribution in [-0.4, -0.2) is 33.8 Å². The molecule has 0 saturated carbocycles. The van der Waals surface area contributed by atoms with Crippen LogP contribution in [0.2, 0.25) is 0 Å². The van der Waals surface area contributed by atoms with Crippen molar-refractivity contribution < 1.29 is 9.72 Å². The summed E-state index contributed by atoms with van der Waals surface area (Å²) in [5.41, 5.74) is 3.56. The Balaban J connectivity index is 1.42. The highest BCUT2D eigenvalue weighted by molar-refractivity contribution is 7.99. The molecular weight excluding hydrogens is 410 g/mol. The fourth-order valence-electron chi connectivity index (χ4n) is 5.21. The Labute approximate surface area is 184 Å². The molecule has 1 saturated heterocycles. The van der Waals surface area contributed by atoms with Gasteiger partial charge in [0.25, 0.3) is 5.69 Å². The highest BCUT2D eigenvalue weighted by Crippen LogP contribution is 2.46. The minimum atomic E-state index is -0.389. The zero-order chi connectivity index (χ0) is 21.8. The van der Waals surface area contributed by atoms with E-state index in [2.05, 4.69) is 30.1 Å². The van der Waals surface area contributed by atoms with Crippen molar-refractivity contribution >= 4 is 34.3 Å². The molecule has 5 rings (SSSR count). The largest absolute Gasteiger partial charge is 0.342 e. The second-order valence-electron chi connectivity index (χ2n) is 8.68. The molecule has 0 N–H and O–H groups in total. The Kier molecular flexibility index (Phi) is 4.73. The van der Waals surface area contributed by atoms with Gasteiger partial charge in [-0.1, -0.05) is 24.8 Å². The molecule has 1 aliphatic carbocycles. The monoisotopic (exact) mass is 433 g/mol. The van der Waals surface area contributed by atoms with Gasteiger partial charge in [-0.15, -0.1) is 0 Å². The number of nitro groups is 1. The molecule has 1 aliphatic heterocycles. The number of piperidine rings is 1. The van der Waals surface area contributed by atoms with Crippen LogP contribution in [0.4, 0.5) is 5.69 Å². The van der Waals surface area contributed by atoms with Gasteiger partial charge in [-0.05, 0) is 60.7 Å². The molecular formula is C24H23N3O3S. The Bertz CT molecular complexity index is 1230. The molecule has 6 nitrogen and oxygen atoms in total. The summed E-state index contributed by atoms with van der Waals surface area (Å²) in [7, 11) is 1.94. The molecule has 3 aromatic rings. The van der Waals surface area contributed by atoms with E-state index in [-0.39, 0.29) is 28.0 Å². The second-order valence-corrected chi connectivity index (χ2v) is 9.78. The number of fused-ring (bicyclic) bond motifs is 4. The van der Waals surface area contributed by atoms with Crippen molar-refractivity contribution in [3.8, 4) is 0 Å². The number of benzene rings is 2. The maximum Gasteiger partial charge on any atom is 0.270 e. The highest BCUT2D eigenvalue weighted by atomic mass is 32.2. The number of nitro benzene ring substituents is 1. The first kappa shape index (κ1) is 20.0. The van der Waals surface area contributed by atoms with Crippen molar-refractivity contribution in [1.82, 2.24) is 9.88 Å². The highest BCUT2D eigenvalue weighted by Gasteiger charge is 2.46. The average molecular weight is 434 g/mol. The van der Waals surface area contributed by atoms with Crippen LogP contribution in [0.25, 0.3) is 10.9 Å². The van der Waals surface area contributed by atoms with Crippen molar-refractivity contribution in [2.24, 2.45) is 0 Å². The number of carbonyl (C=O) groups excluding carboxylic acids is 1. The van der Waals surface area contributed by atoms with Crippen molar-refractivity contribution in [1.29, 1.82) is 0 Å². The number of likely N-dealkylation sites (tertiary alicyclic amines) is 1. The molecule has 0 radical (unpaired) electrons. The zero-order valence-electron chi connectivity index (χ0n) is 17.5. The molecule has 2 heterocycles. The lowest BCUT2D eigenvalue weighted by Crippen LogP contribution is -2.56. The normalized spacial score (nSPS) is 22.8. The molecule has 2 atom stereocenters. The number of hydrogen-bond acceptors (Lipinski definition) is 5. The molecule has 7 heteroatoms. The molecule has 1 amide bonds. The number of amides is 1. The van der Waals surface area contributed by atoms with Crippen molar-refractivity contribution in [2.75, 3.05) is 7.05 Å². The predicted octanol–water partition coefficient (Wildman–Crippen LogP) is 5.12. The summed E-state index contributed by atoms with van der Waals surface area (Å²) < 4.78 is 0. The van der Waals surface area contributed by atoms with Gasteiger partial charge in [0.15, 0.2) is 0 Å². The summed E-state index contributed by atoms with van der Waals surface area (Å²) in [6.07, 6.45) is 3.47. The zero-order valence-corrected chi connectivity index (χ0v) is 18.3. The standard InChI is InChI=1S/C24H23N3O3S/c1-24-12-11-23(28)26(2)21(24)9-3-15-14-18(6-7-19(15)24)31-22-10-4-16-13-17(27(29)30)5-8-20(16)25-22/h4-8,10,13-14,21H,3,9,11-12H2,1-2H3/t21-,24-/m1/s1. The van der Waals surface area contributed by atoms with Gasteiger partial charge in [0.05, 0.1) is 10.4 Å². The Morgan fingerprint density at radius 2 is 2.00 bits per heavy atom. The number of rotatable bonds is 3. The van der Waals surface area contributed by atoms with Crippen molar-refractivity contribution in [3.63, 3.8) is 0 Å². The van der Waals surface area contributed by atoms with E-state index in [1.807, 2.05) is 24.1 Å². The Morgan fingerprint density at radius 3 is 2.81 bits per heavy atom. The van der Waals surface area contributed by atoms with Crippen LogP contribution in [0, 0.1) is 10.1 Å². The first-order chi connectivity index (χ1) is 14.8. The van der Waals surface area contributed by atoms with Gasteiger partial charge in [-0.2, -0.15) is 0 Å². The quantitative estimate of drug-likeness (QED) is 0.423. The van der Waals surface area contributed by atoms with E-state index < -0.39 is 0 Å². The minimum absolute atomic E-state index is 0.00928. The van der Waals surface area contributed by atoms with Crippen molar-refractivity contribution in [3.05, 3.63) is 69.8 Å². The lowest BCUT2D eigenvalue weighted by Gasteiger charge is -2.50. The van der Waals surface area contributed by atoms with E-state index in [9.17, 15) is 14.9 Å². The molecule has 0 bridgehead atoms. The number of pyridine rings is 1. The van der Waals surface area contributed by atoms with Gasteiger partial charge in [0, 0.05) is 47.3 Å². The molecule has 2 aromatic carbocycles. The van der Waals surface area contributed by atoms with E-state index in [1.54, 1.807) is 23.9 Å². The number of likely N-dealkylation sites (N-methyl/N-ethyl adjacent to an activating group) is 1. The molecule has 1 aromatic heterocycles. The predicted molar refractivity (Wildman–Crippen MR) is 120 cm³/mol. The van der Waals surface area contributed by atoms with Crippen LogP contribution in [0.3, 0.4) is 0 Å². The summed E-state index contributed by atoms with van der Waals surface area (Å²) in [6.45, 7) is 2.30. The maximum absolute atomic E-state index is 12.2. The third kappa shape index (κ3) is 3.37. The number of hydrogen-bond donors (Lipinski definition) is 0. The smallest absolute Gasteiger partial charge is 0.270 e. The van der Waals surface area contributed by atoms with Crippen LogP contribution >= 0.6 is 11.8 Å². The van der Waals surface area contributed by atoms with E-state index in [4.69, 9.17) is 0 Å². The first-order valence-electron chi connectivity index (χ1n) is 10.5. The maximum atomic E-state index is 12.2. The summed E-state index contributed by atoms with van der Waals surface area (Å²) in [4.78, 5) is 30.5. The molecule has 0 spiro atoms. The van der Waals surface area contributed by atoms with E-state index >= 15 is 0 Å². The number of non-ortho nitro benzene ring substituents is 1. The van der Waals surface area contributed by atoms with Gasteiger partial charge in [-0.25, -0.2) is 4.98 Å². The van der Waals surface area contributed by atoms with Crippen LogP contribution < -0.4 is 0 Å². The number of aromatic nitrogens is 1. The van der Waals surface area contributed by atoms with Crippen molar-refractivity contribution in [2.45, 2.75) is 54.0 Å². The first-order valence-corrected chi connectivity index (χ1v) is 11.3. The minimum Gasteiger partial charge on any atom is -0.342 e. The van der Waals surface area contributed by atoms with Gasteiger partial charge < -0.3 is 4.90 Å². The summed E-state index contributed by atoms with van der Waals surface area (Å²) in [5, 5.41) is 12.6. The van der Waals surface area contributed by atoms with Crippen LogP contribution in [-0.2, 0) is 16.6 Å². The Hall–Kier alpha value is -2.93. The second kappa shape index (κ2) is 7.34. The molecule has 31 heavy (non-hydrogen) atoms. The SMILES string of the molecule is CN1C(=O)CC[C@]2(C)c3ccc(Sc4ccc5cc([N+](=O)[O-])ccc5n4)cc3CC[C@@H]12. The number of aryl methyl sites for hydroxylation is 1. The molecule has 158 valence electrons. The van der Waals surface area contributed by atoms with Gasteiger partial charge in [-0.3, -0.25) is 14.9 Å². The van der Waals surface area contributed by atoms with E-state index in [0.29, 0.717) is 6.42 Å². The fraction of sp³-hybridized carbons (Fsp3) is 0.333. The number of carbonyl (C=O) groups is 1. The topological polar surface area (TPSA) is 76.3 Å². The summed E-state index contributed by atoms with van der Waals surface area (Å²) >= 11 is 1.61. The van der Waals surface area contributed by atoms with Gasteiger partial charge in [0.2, 0.25) is 5.91 Å². The lowest BCUT2D eigenvalue weighted by atomic mass is 9.63. The van der Waals surface area contributed by atoms with Crippen LogP contribution in [0.15, 0.2) is 58.5 Å². The summed E-state index contributed by atoms with van der Waals surface area (Å²) in [5.74, 6) is 0.255. The molecule has 1 fully saturated rings. The lowest BCUT2D eigenvalue weighted by molar-refractivity contribution is -0.384. The average Bonchev–Trinajstić information content (AvgIpc) is 2.76. The Morgan fingerprint density at radius 1 is 1.16 bits per heavy atom. The third-order valence-electron chi connectivity index (χ3n) is 6.91. The molecule has 0 unspecified atom stereocenters. The molecule has 2 aliphatic rings. The van der Waals surface area contributed by atoms with E-state index in [0.717, 1.165) is 40.1 Å². The van der Waals surface area contributed by atoms with Crippen LogP contribution in [0.1, 0.15) is 37.3 Å². The third-order valence-corrected chi connectivity index (χ3v) is 7.84. The summed E-state index contributed by atoms with van der Waals surface area (Å²) in [6, 6.07) is 15.5. The number of nitrogens with zero attached hydrogens (tertiary/aromatic N) is 3. The van der Waals surface area contributed by atoms with E-state index in [1.165, 1.54) is 17.2 Å². The fourth-order valence-corrected chi connectivity index (χ4v) is 6.07.